The lowest BCUT2D eigenvalue weighted by molar-refractivity contribution is 0.129. The average Bonchev–Trinajstić information content (AvgIpc) is 2.29. The second-order valence-electron chi connectivity index (χ2n) is 4.66. The van der Waals surface area contributed by atoms with Gasteiger partial charge in [0.05, 0.1) is 0 Å². The largest absolute Gasteiger partial charge is 0.396 e. The van der Waals surface area contributed by atoms with Gasteiger partial charge in [-0.2, -0.15) is 0 Å². The van der Waals surface area contributed by atoms with Crippen LogP contribution in [0.15, 0.2) is 12.2 Å². The molecule has 94 valence electrons. The Labute approximate surface area is 99.5 Å². The number of nitrogens with zero attached hydrogens (tertiary/aromatic N) is 1. The summed E-state index contributed by atoms with van der Waals surface area (Å²) in [5.74, 6) is 0. The lowest BCUT2D eigenvalue weighted by Crippen LogP contribution is -2.42. The van der Waals surface area contributed by atoms with Crippen LogP contribution in [0.2, 0.25) is 0 Å². The number of hydrogen-bond donors (Lipinski definition) is 2. The molecule has 3 nitrogen and oxygen atoms in total. The molecule has 0 spiro atoms. The van der Waals surface area contributed by atoms with E-state index < -0.39 is 0 Å². The van der Waals surface area contributed by atoms with Crippen molar-refractivity contribution in [1.82, 2.24) is 10.2 Å². The van der Waals surface area contributed by atoms with Gasteiger partial charge in [0, 0.05) is 25.7 Å². The summed E-state index contributed by atoms with van der Waals surface area (Å²) in [4.78, 5) is 2.49. The molecule has 0 aromatic heterocycles. The third-order valence-electron chi connectivity index (χ3n) is 3.26. The smallest absolute Gasteiger partial charge is 0.0445 e. The van der Waals surface area contributed by atoms with Crippen molar-refractivity contribution in [2.45, 2.75) is 38.6 Å². The van der Waals surface area contributed by atoms with Crippen molar-refractivity contribution in [3.05, 3.63) is 12.2 Å². The molecule has 16 heavy (non-hydrogen) atoms. The fourth-order valence-electron chi connectivity index (χ4n) is 2.39. The maximum absolute atomic E-state index is 9.05. The first-order valence-electron chi connectivity index (χ1n) is 6.50. The van der Waals surface area contributed by atoms with Crippen molar-refractivity contribution >= 4 is 0 Å². The van der Waals surface area contributed by atoms with Gasteiger partial charge < -0.3 is 10.4 Å². The minimum Gasteiger partial charge on any atom is -0.396 e. The fraction of sp³-hybridized carbons (Fsp3) is 0.846. The van der Waals surface area contributed by atoms with Crippen LogP contribution < -0.4 is 5.32 Å². The molecule has 0 aromatic rings. The van der Waals surface area contributed by atoms with E-state index in [0.717, 1.165) is 32.6 Å². The summed E-state index contributed by atoms with van der Waals surface area (Å²) >= 11 is 0. The molecule has 0 bridgehead atoms. The molecule has 1 atom stereocenters. The van der Waals surface area contributed by atoms with E-state index in [4.69, 9.17) is 5.11 Å². The molecule has 0 aromatic carbocycles. The maximum atomic E-state index is 9.05. The predicted octanol–water partition coefficient (Wildman–Crippen LogP) is 1.39. The molecule has 3 heteroatoms. The third-order valence-corrected chi connectivity index (χ3v) is 3.26. The third kappa shape index (κ3) is 4.64. The highest BCUT2D eigenvalue weighted by Crippen LogP contribution is 2.20. The predicted molar refractivity (Wildman–Crippen MR) is 68.6 cm³/mol. The highest BCUT2D eigenvalue weighted by Gasteiger charge is 2.21. The average molecular weight is 226 g/mol. The van der Waals surface area contributed by atoms with E-state index in [1.54, 1.807) is 0 Å². The van der Waals surface area contributed by atoms with Crippen molar-refractivity contribution in [3.8, 4) is 0 Å². The molecular formula is C13H26N2O. The zero-order chi connectivity index (χ0) is 11.8. The quantitative estimate of drug-likeness (QED) is 0.644. The highest BCUT2D eigenvalue weighted by molar-refractivity contribution is 5.01. The first-order chi connectivity index (χ1) is 7.77. The summed E-state index contributed by atoms with van der Waals surface area (Å²) in [6.45, 7) is 10.6. The first kappa shape index (κ1) is 13.7. The minimum atomic E-state index is 0.306. The molecule has 1 rings (SSSR count). The van der Waals surface area contributed by atoms with Crippen LogP contribution >= 0.6 is 0 Å². The SMILES string of the molecule is C=C(CNCC)CN1CCCCC1CCO. The Morgan fingerprint density at radius 1 is 1.50 bits per heavy atom. The molecule has 1 aliphatic heterocycles. The van der Waals surface area contributed by atoms with Gasteiger partial charge in [-0.05, 0) is 37.9 Å². The minimum absolute atomic E-state index is 0.306. The lowest BCUT2D eigenvalue weighted by atomic mass is 9.99. The molecule has 0 aliphatic carbocycles. The van der Waals surface area contributed by atoms with Crippen LogP contribution in [0.4, 0.5) is 0 Å². The molecule has 2 N–H and O–H groups in total. The second-order valence-corrected chi connectivity index (χ2v) is 4.66. The van der Waals surface area contributed by atoms with Gasteiger partial charge in [-0.1, -0.05) is 19.9 Å². The zero-order valence-corrected chi connectivity index (χ0v) is 10.5. The molecule has 1 saturated heterocycles. The summed E-state index contributed by atoms with van der Waals surface area (Å²) in [5.41, 5.74) is 1.26. The summed E-state index contributed by atoms with van der Waals surface area (Å²) in [7, 11) is 0. The molecule has 1 aliphatic rings. The number of nitrogens with one attached hydrogen (secondary N) is 1. The molecule has 1 heterocycles. The summed E-state index contributed by atoms with van der Waals surface area (Å²) in [6, 6.07) is 0.567. The van der Waals surface area contributed by atoms with Crippen molar-refractivity contribution in [1.29, 1.82) is 0 Å². The number of likely N-dealkylation sites (tertiary alicyclic amines) is 1. The number of aliphatic hydroxyl groups is 1. The number of hydrogen-bond acceptors (Lipinski definition) is 3. The van der Waals surface area contributed by atoms with E-state index in [0.29, 0.717) is 12.6 Å². The van der Waals surface area contributed by atoms with E-state index in [1.165, 1.54) is 24.8 Å². The summed E-state index contributed by atoms with van der Waals surface area (Å²) in [6.07, 6.45) is 4.74. The van der Waals surface area contributed by atoms with Crippen LogP contribution in [0.25, 0.3) is 0 Å². The Kier molecular flexibility index (Phi) is 6.69. The standard InChI is InChI=1S/C13H26N2O/c1-3-14-10-12(2)11-15-8-5-4-6-13(15)7-9-16/h13-14,16H,2-11H2,1H3. The Hall–Kier alpha value is -0.380. The van der Waals surface area contributed by atoms with Crippen LogP contribution in [-0.4, -0.2) is 48.8 Å². The van der Waals surface area contributed by atoms with Gasteiger partial charge in [0.2, 0.25) is 0 Å². The lowest BCUT2D eigenvalue weighted by Gasteiger charge is -2.36. The van der Waals surface area contributed by atoms with E-state index in [1.807, 2.05) is 0 Å². The van der Waals surface area contributed by atoms with E-state index in [9.17, 15) is 0 Å². The number of rotatable bonds is 7. The van der Waals surface area contributed by atoms with Crippen LogP contribution in [0.1, 0.15) is 32.6 Å². The van der Waals surface area contributed by atoms with Crippen molar-refractivity contribution in [3.63, 3.8) is 0 Å². The topological polar surface area (TPSA) is 35.5 Å². The number of piperidine rings is 1. The van der Waals surface area contributed by atoms with Crippen LogP contribution in [-0.2, 0) is 0 Å². The molecule has 0 amide bonds. The summed E-state index contributed by atoms with van der Waals surface area (Å²) < 4.78 is 0. The molecular weight excluding hydrogens is 200 g/mol. The summed E-state index contributed by atoms with van der Waals surface area (Å²) in [5, 5.41) is 12.4. The Morgan fingerprint density at radius 2 is 2.31 bits per heavy atom. The van der Waals surface area contributed by atoms with E-state index in [-0.39, 0.29) is 0 Å². The van der Waals surface area contributed by atoms with Gasteiger partial charge in [0.1, 0.15) is 0 Å². The molecule has 0 radical (unpaired) electrons. The molecule has 0 saturated carbocycles. The normalized spacial score (nSPS) is 22.2. The highest BCUT2D eigenvalue weighted by atomic mass is 16.3. The molecule has 1 fully saturated rings. The zero-order valence-electron chi connectivity index (χ0n) is 10.5. The van der Waals surface area contributed by atoms with Crippen LogP contribution in [0.5, 0.6) is 0 Å². The van der Waals surface area contributed by atoms with Gasteiger partial charge in [-0.15, -0.1) is 0 Å². The van der Waals surface area contributed by atoms with Crippen LogP contribution in [0.3, 0.4) is 0 Å². The monoisotopic (exact) mass is 226 g/mol. The van der Waals surface area contributed by atoms with Gasteiger partial charge >= 0.3 is 0 Å². The number of likely N-dealkylation sites (N-methyl/N-ethyl adjacent to an activating group) is 1. The van der Waals surface area contributed by atoms with Gasteiger partial charge in [0.15, 0.2) is 0 Å². The van der Waals surface area contributed by atoms with Gasteiger partial charge in [0.25, 0.3) is 0 Å². The van der Waals surface area contributed by atoms with Crippen molar-refractivity contribution < 1.29 is 5.11 Å². The Morgan fingerprint density at radius 3 is 3.00 bits per heavy atom. The first-order valence-corrected chi connectivity index (χ1v) is 6.50. The fourth-order valence-corrected chi connectivity index (χ4v) is 2.39. The Bertz CT molecular complexity index is 204. The van der Waals surface area contributed by atoms with E-state index >= 15 is 0 Å². The van der Waals surface area contributed by atoms with E-state index in [2.05, 4.69) is 23.7 Å². The van der Waals surface area contributed by atoms with Crippen molar-refractivity contribution in [2.24, 2.45) is 0 Å². The Balaban J connectivity index is 2.33. The van der Waals surface area contributed by atoms with Gasteiger partial charge in [-0.25, -0.2) is 0 Å². The van der Waals surface area contributed by atoms with Crippen molar-refractivity contribution in [2.75, 3.05) is 32.8 Å². The van der Waals surface area contributed by atoms with Gasteiger partial charge in [-0.3, -0.25) is 4.90 Å². The second kappa shape index (κ2) is 7.82. The number of aliphatic hydroxyl groups excluding tert-OH is 1. The molecule has 1 unspecified atom stereocenters. The maximum Gasteiger partial charge on any atom is 0.0445 e. The van der Waals surface area contributed by atoms with Crippen LogP contribution in [0, 0.1) is 0 Å².